The maximum Gasteiger partial charge on any atom is 0.254 e. The van der Waals surface area contributed by atoms with E-state index in [9.17, 15) is 9.59 Å². The van der Waals surface area contributed by atoms with Gasteiger partial charge in [-0.15, -0.1) is 0 Å². The highest BCUT2D eigenvalue weighted by Crippen LogP contribution is 2.20. The largest absolute Gasteiger partial charge is 0.368 e. The van der Waals surface area contributed by atoms with Crippen molar-refractivity contribution in [1.82, 2.24) is 20.2 Å². The Kier molecular flexibility index (Phi) is 6.43. The number of nitrogens with one attached hydrogen (secondary N) is 1. The van der Waals surface area contributed by atoms with E-state index >= 15 is 0 Å². The van der Waals surface area contributed by atoms with Crippen LogP contribution in [-0.4, -0.2) is 59.4 Å². The van der Waals surface area contributed by atoms with Gasteiger partial charge in [-0.2, -0.15) is 0 Å². The molecule has 0 saturated carbocycles. The molecule has 1 aromatic heterocycles. The van der Waals surface area contributed by atoms with Gasteiger partial charge in [0.25, 0.3) is 5.91 Å². The van der Waals surface area contributed by atoms with Crippen molar-refractivity contribution in [2.45, 2.75) is 0 Å². The molecule has 0 atom stereocenters. The average molecular weight is 436 g/mol. The summed E-state index contributed by atoms with van der Waals surface area (Å²) < 4.78 is 0. The summed E-state index contributed by atoms with van der Waals surface area (Å²) in [6.45, 7) is 2.56. The summed E-state index contributed by atoms with van der Waals surface area (Å²) in [5.74, 6) is 0.0669. The van der Waals surface area contributed by atoms with Crippen molar-refractivity contribution in [3.63, 3.8) is 0 Å². The van der Waals surface area contributed by atoms with Crippen LogP contribution in [0.25, 0.3) is 11.4 Å². The Morgan fingerprint density at radius 3 is 2.32 bits per heavy atom. The first-order chi connectivity index (χ1) is 15.1. The second kappa shape index (κ2) is 9.57. The molecule has 1 aliphatic rings. The zero-order chi connectivity index (χ0) is 21.6. The number of benzene rings is 2. The lowest BCUT2D eigenvalue weighted by Gasteiger charge is -2.36. The summed E-state index contributed by atoms with van der Waals surface area (Å²) >= 11 is 6.06. The standard InChI is InChI=1S/C23H22ClN5O2/c24-19-7-4-8-20(13-19)28-9-11-29(12-10-28)21(30)16-27-23(31)18-14-25-22(26-15-18)17-5-2-1-3-6-17/h1-8,13-15H,9-12,16H2,(H,27,31). The second-order valence-corrected chi connectivity index (χ2v) is 7.63. The predicted octanol–water partition coefficient (Wildman–Crippen LogP) is 2.88. The summed E-state index contributed by atoms with van der Waals surface area (Å²) in [6.07, 6.45) is 2.94. The van der Waals surface area contributed by atoms with E-state index in [-0.39, 0.29) is 18.4 Å². The van der Waals surface area contributed by atoms with Gasteiger partial charge >= 0.3 is 0 Å². The summed E-state index contributed by atoms with van der Waals surface area (Å²) in [4.78, 5) is 37.3. The molecule has 0 aliphatic carbocycles. The number of anilines is 1. The second-order valence-electron chi connectivity index (χ2n) is 7.19. The minimum absolute atomic E-state index is 0.0591. The first kappa shape index (κ1) is 20.8. The molecule has 1 N–H and O–H groups in total. The third-order valence-corrected chi connectivity index (χ3v) is 5.39. The lowest BCUT2D eigenvalue weighted by molar-refractivity contribution is -0.130. The quantitative estimate of drug-likeness (QED) is 0.666. The van der Waals surface area contributed by atoms with Crippen molar-refractivity contribution in [3.8, 4) is 11.4 Å². The first-order valence-electron chi connectivity index (χ1n) is 10.0. The van der Waals surface area contributed by atoms with Gasteiger partial charge in [0, 0.05) is 54.8 Å². The molecule has 158 valence electrons. The molecular formula is C23H22ClN5O2. The van der Waals surface area contributed by atoms with Crippen LogP contribution in [0, 0.1) is 0 Å². The topological polar surface area (TPSA) is 78.4 Å². The van der Waals surface area contributed by atoms with Gasteiger partial charge in [-0.1, -0.05) is 48.0 Å². The van der Waals surface area contributed by atoms with Gasteiger partial charge in [-0.05, 0) is 18.2 Å². The summed E-state index contributed by atoms with van der Waals surface area (Å²) in [5, 5.41) is 3.36. The molecule has 2 aromatic carbocycles. The molecule has 1 aliphatic heterocycles. The molecule has 8 heteroatoms. The van der Waals surface area contributed by atoms with Gasteiger partial charge < -0.3 is 15.1 Å². The van der Waals surface area contributed by atoms with Gasteiger partial charge in [-0.25, -0.2) is 9.97 Å². The third-order valence-electron chi connectivity index (χ3n) is 5.15. The van der Waals surface area contributed by atoms with Crippen LogP contribution in [0.3, 0.4) is 0 Å². The Bertz CT molecular complexity index is 1050. The molecule has 1 fully saturated rings. The number of hydrogen-bond donors (Lipinski definition) is 1. The van der Waals surface area contributed by atoms with E-state index in [0.29, 0.717) is 29.5 Å². The van der Waals surface area contributed by atoms with Crippen LogP contribution in [0.15, 0.2) is 67.0 Å². The van der Waals surface area contributed by atoms with Crippen LogP contribution in [0.2, 0.25) is 5.02 Å². The van der Waals surface area contributed by atoms with Crippen molar-refractivity contribution >= 4 is 29.1 Å². The summed E-state index contributed by atoms with van der Waals surface area (Å²) in [5.41, 5.74) is 2.24. The van der Waals surface area contributed by atoms with Gasteiger partial charge in [0.15, 0.2) is 5.82 Å². The Balaban J connectivity index is 1.26. The zero-order valence-corrected chi connectivity index (χ0v) is 17.6. The zero-order valence-electron chi connectivity index (χ0n) is 16.9. The molecule has 31 heavy (non-hydrogen) atoms. The number of nitrogens with zero attached hydrogens (tertiary/aromatic N) is 4. The lowest BCUT2D eigenvalue weighted by atomic mass is 10.2. The van der Waals surface area contributed by atoms with E-state index < -0.39 is 0 Å². The molecule has 0 spiro atoms. The maximum absolute atomic E-state index is 12.5. The number of carbonyl (C=O) groups excluding carboxylic acids is 2. The van der Waals surface area contributed by atoms with Crippen LogP contribution in [-0.2, 0) is 4.79 Å². The van der Waals surface area contributed by atoms with Crippen molar-refractivity contribution in [2.75, 3.05) is 37.6 Å². The minimum atomic E-state index is -0.370. The summed E-state index contributed by atoms with van der Waals surface area (Å²) in [7, 11) is 0. The van der Waals surface area contributed by atoms with E-state index in [2.05, 4.69) is 20.2 Å². The molecule has 3 aromatic rings. The molecule has 1 saturated heterocycles. The molecule has 2 amide bonds. The van der Waals surface area contributed by atoms with E-state index in [1.165, 1.54) is 12.4 Å². The molecule has 0 unspecified atom stereocenters. The minimum Gasteiger partial charge on any atom is -0.368 e. The predicted molar refractivity (Wildman–Crippen MR) is 120 cm³/mol. The van der Waals surface area contributed by atoms with Crippen molar-refractivity contribution in [3.05, 3.63) is 77.6 Å². The van der Waals surface area contributed by atoms with Crippen molar-refractivity contribution in [1.29, 1.82) is 0 Å². The number of halogens is 1. The lowest BCUT2D eigenvalue weighted by Crippen LogP contribution is -2.51. The highest BCUT2D eigenvalue weighted by Gasteiger charge is 2.22. The van der Waals surface area contributed by atoms with Gasteiger partial charge in [0.2, 0.25) is 5.91 Å². The third kappa shape index (κ3) is 5.19. The maximum atomic E-state index is 12.5. The number of hydrogen-bond acceptors (Lipinski definition) is 5. The van der Waals surface area contributed by atoms with Crippen LogP contribution in [0.1, 0.15) is 10.4 Å². The van der Waals surface area contributed by atoms with Crippen LogP contribution >= 0.6 is 11.6 Å². The normalized spacial score (nSPS) is 13.7. The highest BCUT2D eigenvalue weighted by atomic mass is 35.5. The summed E-state index contributed by atoms with van der Waals surface area (Å²) in [6, 6.07) is 17.2. The fraction of sp³-hybridized carbons (Fsp3) is 0.217. The molecule has 2 heterocycles. The molecule has 0 bridgehead atoms. The van der Waals surface area contributed by atoms with Crippen molar-refractivity contribution in [2.24, 2.45) is 0 Å². The smallest absolute Gasteiger partial charge is 0.254 e. The van der Waals surface area contributed by atoms with E-state index in [0.717, 1.165) is 24.3 Å². The van der Waals surface area contributed by atoms with Crippen molar-refractivity contribution < 1.29 is 9.59 Å². The highest BCUT2D eigenvalue weighted by molar-refractivity contribution is 6.30. The number of piperazine rings is 1. The van der Waals surface area contributed by atoms with E-state index in [4.69, 9.17) is 11.6 Å². The van der Waals surface area contributed by atoms with Gasteiger partial charge in [0.05, 0.1) is 12.1 Å². The van der Waals surface area contributed by atoms with Gasteiger partial charge in [0.1, 0.15) is 0 Å². The first-order valence-corrected chi connectivity index (χ1v) is 10.4. The fourth-order valence-electron chi connectivity index (χ4n) is 3.44. The van der Waals surface area contributed by atoms with E-state index in [1.807, 2.05) is 54.6 Å². The van der Waals surface area contributed by atoms with Crippen LogP contribution < -0.4 is 10.2 Å². The van der Waals surface area contributed by atoms with Crippen LogP contribution in [0.5, 0.6) is 0 Å². The molecule has 0 radical (unpaired) electrons. The number of rotatable bonds is 5. The molecule has 4 rings (SSSR count). The van der Waals surface area contributed by atoms with Gasteiger partial charge in [-0.3, -0.25) is 9.59 Å². The molecular weight excluding hydrogens is 414 g/mol. The SMILES string of the molecule is O=C(NCC(=O)N1CCN(c2cccc(Cl)c2)CC1)c1cnc(-c2ccccc2)nc1. The Morgan fingerprint density at radius 1 is 0.935 bits per heavy atom. The number of aromatic nitrogens is 2. The molecule has 7 nitrogen and oxygen atoms in total. The average Bonchev–Trinajstić information content (AvgIpc) is 2.83. The Labute approximate surface area is 185 Å². The number of carbonyl (C=O) groups is 2. The van der Waals surface area contributed by atoms with Crippen LogP contribution in [0.4, 0.5) is 5.69 Å². The Hall–Kier alpha value is -3.45. The van der Waals surface area contributed by atoms with E-state index in [1.54, 1.807) is 4.90 Å². The fourth-order valence-corrected chi connectivity index (χ4v) is 3.62. The Morgan fingerprint density at radius 2 is 1.65 bits per heavy atom. The monoisotopic (exact) mass is 435 g/mol. The number of amides is 2.